The molecule has 4 nitrogen and oxygen atoms in total. The van der Waals surface area contributed by atoms with Crippen molar-refractivity contribution in [3.8, 4) is 0 Å². The summed E-state index contributed by atoms with van der Waals surface area (Å²) >= 11 is 0. The van der Waals surface area contributed by atoms with E-state index in [1.165, 1.54) is 4.90 Å². The molecule has 0 spiro atoms. The van der Waals surface area contributed by atoms with E-state index in [-0.39, 0.29) is 0 Å². The predicted molar refractivity (Wildman–Crippen MR) is 58.5 cm³/mol. The van der Waals surface area contributed by atoms with Crippen molar-refractivity contribution < 1.29 is 9.59 Å². The molecule has 0 bridgehead atoms. The second-order valence-corrected chi connectivity index (χ2v) is 3.79. The lowest BCUT2D eigenvalue weighted by Crippen LogP contribution is -2.24. The van der Waals surface area contributed by atoms with Crippen LogP contribution in [0, 0.1) is 0 Å². The number of carbonyl (C=O) groups excluding carboxylic acids is 2. The van der Waals surface area contributed by atoms with E-state index in [2.05, 4.69) is 0 Å². The van der Waals surface area contributed by atoms with Crippen LogP contribution in [0.2, 0.25) is 0 Å². The summed E-state index contributed by atoms with van der Waals surface area (Å²) in [4.78, 5) is 26.3. The maximum absolute atomic E-state index is 11.6. The standard InChI is InChI=1S/C11H12N2O2/c1-12(2)7-4-5-9-8(6-7)10(14)11(15)13(9)3/h4-6H,1-3H3. The van der Waals surface area contributed by atoms with Crippen molar-refractivity contribution in [2.45, 2.75) is 0 Å². The average Bonchev–Trinajstić information content (AvgIpc) is 2.44. The molecule has 1 amide bonds. The van der Waals surface area contributed by atoms with Crippen molar-refractivity contribution >= 4 is 23.1 Å². The Morgan fingerprint density at radius 1 is 1.20 bits per heavy atom. The second-order valence-electron chi connectivity index (χ2n) is 3.79. The number of hydrogen-bond donors (Lipinski definition) is 0. The summed E-state index contributed by atoms with van der Waals surface area (Å²) < 4.78 is 0. The van der Waals surface area contributed by atoms with Crippen molar-refractivity contribution in [2.75, 3.05) is 30.9 Å². The van der Waals surface area contributed by atoms with Gasteiger partial charge in [0, 0.05) is 26.8 Å². The summed E-state index contributed by atoms with van der Waals surface area (Å²) in [5, 5.41) is 0. The Bertz CT molecular complexity index is 452. The molecule has 4 heteroatoms. The van der Waals surface area contributed by atoms with Crippen molar-refractivity contribution in [3.63, 3.8) is 0 Å². The number of Topliss-reactive ketones (excluding diaryl/α,β-unsaturated/α-hetero) is 1. The number of likely N-dealkylation sites (N-methyl/N-ethyl adjacent to an activating group) is 1. The van der Waals surface area contributed by atoms with Crippen LogP contribution in [0.25, 0.3) is 0 Å². The Labute approximate surface area is 88.1 Å². The van der Waals surface area contributed by atoms with Gasteiger partial charge in [-0.2, -0.15) is 0 Å². The summed E-state index contributed by atoms with van der Waals surface area (Å²) in [7, 11) is 5.40. The summed E-state index contributed by atoms with van der Waals surface area (Å²) in [6.45, 7) is 0. The van der Waals surface area contributed by atoms with Gasteiger partial charge < -0.3 is 9.80 Å². The molecule has 0 radical (unpaired) electrons. The SMILES string of the molecule is CN(C)c1ccc2c(c1)C(=O)C(=O)N2C. The Balaban J connectivity index is 2.56. The van der Waals surface area contributed by atoms with Crippen LogP contribution in [0.5, 0.6) is 0 Å². The number of fused-ring (bicyclic) bond motifs is 1. The average molecular weight is 204 g/mol. The lowest BCUT2D eigenvalue weighted by molar-refractivity contribution is -0.114. The van der Waals surface area contributed by atoms with Crippen LogP contribution in [0.4, 0.5) is 11.4 Å². The summed E-state index contributed by atoms with van der Waals surface area (Å²) in [5.74, 6) is -0.878. The summed E-state index contributed by atoms with van der Waals surface area (Å²) in [6.07, 6.45) is 0. The topological polar surface area (TPSA) is 40.6 Å². The molecule has 1 aromatic rings. The molecule has 0 aromatic heterocycles. The molecule has 1 aliphatic rings. The van der Waals surface area contributed by atoms with E-state index < -0.39 is 11.7 Å². The Morgan fingerprint density at radius 2 is 1.87 bits per heavy atom. The first kappa shape index (κ1) is 9.71. The molecule has 0 saturated heterocycles. The van der Waals surface area contributed by atoms with Gasteiger partial charge in [0.15, 0.2) is 0 Å². The third-order valence-corrected chi connectivity index (χ3v) is 2.60. The molecule has 15 heavy (non-hydrogen) atoms. The van der Waals surface area contributed by atoms with Crippen molar-refractivity contribution in [3.05, 3.63) is 23.8 Å². The van der Waals surface area contributed by atoms with Gasteiger partial charge in [-0.1, -0.05) is 0 Å². The molecule has 1 heterocycles. The molecule has 0 N–H and O–H groups in total. The van der Waals surface area contributed by atoms with E-state index in [0.717, 1.165) is 5.69 Å². The number of amides is 1. The monoisotopic (exact) mass is 204 g/mol. The van der Waals surface area contributed by atoms with Crippen LogP contribution in [0.3, 0.4) is 0 Å². The zero-order chi connectivity index (χ0) is 11.2. The predicted octanol–water partition coefficient (Wildman–Crippen LogP) is 0.912. The van der Waals surface area contributed by atoms with Crippen LogP contribution in [0.15, 0.2) is 18.2 Å². The van der Waals surface area contributed by atoms with Gasteiger partial charge >= 0.3 is 0 Å². The number of carbonyl (C=O) groups is 2. The van der Waals surface area contributed by atoms with Gasteiger partial charge in [-0.3, -0.25) is 9.59 Å². The van der Waals surface area contributed by atoms with Crippen molar-refractivity contribution in [1.29, 1.82) is 0 Å². The Hall–Kier alpha value is -1.84. The number of hydrogen-bond acceptors (Lipinski definition) is 3. The quantitative estimate of drug-likeness (QED) is 0.638. The Kier molecular flexibility index (Phi) is 2.00. The maximum atomic E-state index is 11.6. The van der Waals surface area contributed by atoms with Crippen LogP contribution in [0.1, 0.15) is 10.4 Å². The summed E-state index contributed by atoms with van der Waals surface area (Å²) in [5.41, 5.74) is 2.11. The van der Waals surface area contributed by atoms with Gasteiger partial charge in [0.1, 0.15) is 0 Å². The second kappa shape index (κ2) is 3.08. The van der Waals surface area contributed by atoms with Gasteiger partial charge in [-0.15, -0.1) is 0 Å². The van der Waals surface area contributed by atoms with Crippen molar-refractivity contribution in [2.24, 2.45) is 0 Å². The number of benzene rings is 1. The zero-order valence-corrected chi connectivity index (χ0v) is 8.94. The van der Waals surface area contributed by atoms with E-state index in [9.17, 15) is 9.59 Å². The highest BCUT2D eigenvalue weighted by atomic mass is 16.2. The molecule has 1 aliphatic heterocycles. The van der Waals surface area contributed by atoms with E-state index in [4.69, 9.17) is 0 Å². The number of ketones is 1. The molecule has 78 valence electrons. The first-order valence-electron chi connectivity index (χ1n) is 4.66. The van der Waals surface area contributed by atoms with E-state index >= 15 is 0 Å². The fraction of sp³-hybridized carbons (Fsp3) is 0.273. The van der Waals surface area contributed by atoms with Gasteiger partial charge in [-0.25, -0.2) is 0 Å². The fourth-order valence-electron chi connectivity index (χ4n) is 1.65. The van der Waals surface area contributed by atoms with E-state index in [1.807, 2.05) is 25.1 Å². The number of rotatable bonds is 1. The molecular formula is C11H12N2O2. The lowest BCUT2D eigenvalue weighted by Gasteiger charge is -2.14. The minimum absolute atomic E-state index is 0.420. The fourth-order valence-corrected chi connectivity index (χ4v) is 1.65. The Morgan fingerprint density at radius 3 is 2.47 bits per heavy atom. The van der Waals surface area contributed by atoms with Gasteiger partial charge in [0.2, 0.25) is 0 Å². The largest absolute Gasteiger partial charge is 0.378 e. The number of nitrogens with zero attached hydrogens (tertiary/aromatic N) is 2. The van der Waals surface area contributed by atoms with E-state index in [0.29, 0.717) is 11.3 Å². The highest BCUT2D eigenvalue weighted by Gasteiger charge is 2.33. The third-order valence-electron chi connectivity index (χ3n) is 2.60. The molecule has 0 unspecified atom stereocenters. The van der Waals surface area contributed by atoms with Gasteiger partial charge in [-0.05, 0) is 18.2 Å². The molecule has 0 aliphatic carbocycles. The normalized spacial score (nSPS) is 14.5. The van der Waals surface area contributed by atoms with Crippen LogP contribution in [-0.2, 0) is 4.79 Å². The van der Waals surface area contributed by atoms with Crippen molar-refractivity contribution in [1.82, 2.24) is 0 Å². The third kappa shape index (κ3) is 1.29. The highest BCUT2D eigenvalue weighted by molar-refractivity contribution is 6.52. The molecule has 1 aromatic carbocycles. The summed E-state index contributed by atoms with van der Waals surface area (Å²) in [6, 6.07) is 5.44. The molecular weight excluding hydrogens is 192 g/mol. The van der Waals surface area contributed by atoms with Crippen LogP contribution >= 0.6 is 0 Å². The smallest absolute Gasteiger partial charge is 0.299 e. The van der Waals surface area contributed by atoms with Crippen LogP contribution in [-0.4, -0.2) is 32.8 Å². The molecule has 0 atom stereocenters. The van der Waals surface area contributed by atoms with Crippen LogP contribution < -0.4 is 9.80 Å². The highest BCUT2D eigenvalue weighted by Crippen LogP contribution is 2.30. The lowest BCUT2D eigenvalue weighted by atomic mass is 10.1. The van der Waals surface area contributed by atoms with Gasteiger partial charge in [0.25, 0.3) is 11.7 Å². The first-order valence-corrected chi connectivity index (χ1v) is 4.66. The zero-order valence-electron chi connectivity index (χ0n) is 8.94. The van der Waals surface area contributed by atoms with Gasteiger partial charge in [0.05, 0.1) is 11.3 Å². The minimum atomic E-state index is -0.457. The molecule has 2 rings (SSSR count). The molecule has 0 saturated carbocycles. The number of anilines is 2. The molecule has 0 fully saturated rings. The first-order chi connectivity index (χ1) is 7.02. The minimum Gasteiger partial charge on any atom is -0.378 e. The van der Waals surface area contributed by atoms with E-state index in [1.54, 1.807) is 19.2 Å². The maximum Gasteiger partial charge on any atom is 0.299 e.